The third kappa shape index (κ3) is 0.940. The highest BCUT2D eigenvalue weighted by Crippen LogP contribution is 2.37. The Labute approximate surface area is 69.2 Å². The molecule has 0 aromatic carbocycles. The van der Waals surface area contributed by atoms with E-state index in [9.17, 15) is 8.78 Å². The Balaban J connectivity index is 2.56. The molecule has 2 rings (SSSR count). The first-order valence-corrected chi connectivity index (χ1v) is 4.02. The highest BCUT2D eigenvalue weighted by atomic mass is 19.3. The van der Waals surface area contributed by atoms with E-state index >= 15 is 0 Å². The van der Waals surface area contributed by atoms with E-state index in [1.807, 2.05) is 0 Å². The summed E-state index contributed by atoms with van der Waals surface area (Å²) in [5.74, 6) is -2.67. The molecule has 0 amide bonds. The fraction of sp³-hybridized carbons (Fsp3) is 0.625. The van der Waals surface area contributed by atoms with Gasteiger partial charge in [0.25, 0.3) is 5.92 Å². The third-order valence-corrected chi connectivity index (χ3v) is 2.23. The summed E-state index contributed by atoms with van der Waals surface area (Å²) < 4.78 is 27.9. The lowest BCUT2D eigenvalue weighted by Crippen LogP contribution is -2.26. The molecule has 1 aromatic heterocycles. The zero-order valence-electron chi connectivity index (χ0n) is 6.85. The smallest absolute Gasteiger partial charge is 0.263 e. The number of fused-ring (bicyclic) bond motifs is 1. The van der Waals surface area contributed by atoms with Crippen LogP contribution < -0.4 is 0 Å². The predicted molar refractivity (Wildman–Crippen MR) is 40.1 cm³/mol. The molecular weight excluding hydrogens is 162 g/mol. The van der Waals surface area contributed by atoms with Crippen LogP contribution in [0, 0.1) is 6.92 Å². The van der Waals surface area contributed by atoms with Gasteiger partial charge >= 0.3 is 0 Å². The van der Waals surface area contributed by atoms with Crippen molar-refractivity contribution in [1.82, 2.24) is 9.78 Å². The van der Waals surface area contributed by atoms with Crippen molar-refractivity contribution in [3.8, 4) is 0 Å². The zero-order chi connectivity index (χ0) is 8.77. The molecule has 0 N–H and O–H groups in total. The van der Waals surface area contributed by atoms with E-state index in [0.29, 0.717) is 18.5 Å². The number of hydrogen-bond donors (Lipinski definition) is 0. The molecule has 2 nitrogen and oxygen atoms in total. The predicted octanol–water partition coefficient (Wildman–Crippen LogP) is 2.08. The molecule has 0 atom stereocenters. The first-order valence-electron chi connectivity index (χ1n) is 4.02. The SMILES string of the molecule is Cc1cnn2c1C(F)(F)CCC2. The molecule has 12 heavy (non-hydrogen) atoms. The Bertz CT molecular complexity index is 304. The number of nitrogens with zero attached hydrogens (tertiary/aromatic N) is 2. The van der Waals surface area contributed by atoms with Crippen molar-refractivity contribution >= 4 is 0 Å². The maximum absolute atomic E-state index is 13.2. The van der Waals surface area contributed by atoms with Gasteiger partial charge in [0.05, 0.1) is 6.20 Å². The average Bonchev–Trinajstić information content (AvgIpc) is 2.32. The number of halogens is 2. The maximum Gasteiger partial charge on any atom is 0.289 e. The van der Waals surface area contributed by atoms with E-state index in [1.165, 1.54) is 10.9 Å². The Morgan fingerprint density at radius 3 is 3.00 bits per heavy atom. The van der Waals surface area contributed by atoms with E-state index in [1.54, 1.807) is 6.92 Å². The van der Waals surface area contributed by atoms with Crippen LogP contribution in [-0.2, 0) is 12.5 Å². The van der Waals surface area contributed by atoms with E-state index in [-0.39, 0.29) is 12.1 Å². The second kappa shape index (κ2) is 2.28. The average molecular weight is 172 g/mol. The molecular formula is C8H10F2N2. The van der Waals surface area contributed by atoms with Gasteiger partial charge in [-0.1, -0.05) is 0 Å². The molecule has 0 aliphatic carbocycles. The first kappa shape index (κ1) is 7.71. The van der Waals surface area contributed by atoms with Gasteiger partial charge in [0.1, 0.15) is 5.69 Å². The Hall–Kier alpha value is -0.930. The van der Waals surface area contributed by atoms with Crippen LogP contribution in [0.4, 0.5) is 8.78 Å². The summed E-state index contributed by atoms with van der Waals surface area (Å²) in [5.41, 5.74) is 0.702. The summed E-state index contributed by atoms with van der Waals surface area (Å²) in [4.78, 5) is 0. The molecule has 0 saturated heterocycles. The normalized spacial score (nSPS) is 20.6. The molecule has 0 fully saturated rings. The van der Waals surface area contributed by atoms with Crippen molar-refractivity contribution in [3.05, 3.63) is 17.5 Å². The Kier molecular flexibility index (Phi) is 1.46. The van der Waals surface area contributed by atoms with E-state index in [2.05, 4.69) is 5.10 Å². The standard InChI is InChI=1S/C8H10F2N2/c1-6-5-11-12-4-2-3-8(9,10)7(6)12/h5H,2-4H2,1H3. The second-order valence-corrected chi connectivity index (χ2v) is 3.21. The van der Waals surface area contributed by atoms with Crippen molar-refractivity contribution in [2.24, 2.45) is 0 Å². The maximum atomic E-state index is 13.2. The van der Waals surface area contributed by atoms with Crippen molar-refractivity contribution in [2.45, 2.75) is 32.2 Å². The molecule has 0 radical (unpaired) electrons. The topological polar surface area (TPSA) is 17.8 Å². The Morgan fingerprint density at radius 2 is 2.33 bits per heavy atom. The minimum absolute atomic E-state index is 0.0421. The van der Waals surface area contributed by atoms with E-state index in [0.717, 1.165) is 0 Å². The molecule has 66 valence electrons. The highest BCUT2D eigenvalue weighted by Gasteiger charge is 2.39. The zero-order valence-corrected chi connectivity index (χ0v) is 6.85. The van der Waals surface area contributed by atoms with Crippen LogP contribution in [0.5, 0.6) is 0 Å². The molecule has 0 spiro atoms. The van der Waals surface area contributed by atoms with Gasteiger partial charge in [-0.2, -0.15) is 13.9 Å². The number of aryl methyl sites for hydroxylation is 2. The molecule has 1 aliphatic rings. The molecule has 2 heterocycles. The molecule has 0 saturated carbocycles. The van der Waals surface area contributed by atoms with Gasteiger partial charge in [-0.15, -0.1) is 0 Å². The van der Waals surface area contributed by atoms with Crippen molar-refractivity contribution < 1.29 is 8.78 Å². The third-order valence-electron chi connectivity index (χ3n) is 2.23. The van der Waals surface area contributed by atoms with Gasteiger partial charge < -0.3 is 0 Å². The highest BCUT2D eigenvalue weighted by molar-refractivity contribution is 5.21. The fourth-order valence-electron chi connectivity index (χ4n) is 1.69. The monoisotopic (exact) mass is 172 g/mol. The number of rotatable bonds is 0. The van der Waals surface area contributed by atoms with Crippen molar-refractivity contribution in [1.29, 1.82) is 0 Å². The van der Waals surface area contributed by atoms with Gasteiger partial charge in [0.15, 0.2) is 0 Å². The first-order chi connectivity index (χ1) is 5.61. The summed E-state index contributed by atoms with van der Waals surface area (Å²) in [6, 6.07) is 0. The van der Waals surface area contributed by atoms with E-state index < -0.39 is 5.92 Å². The lowest BCUT2D eigenvalue weighted by molar-refractivity contribution is -0.0370. The number of aromatic nitrogens is 2. The second-order valence-electron chi connectivity index (χ2n) is 3.21. The van der Waals surface area contributed by atoms with Gasteiger partial charge in [0, 0.05) is 13.0 Å². The van der Waals surface area contributed by atoms with Crippen LogP contribution in [0.1, 0.15) is 24.1 Å². The summed E-state index contributed by atoms with van der Waals surface area (Å²) >= 11 is 0. The Morgan fingerprint density at radius 1 is 1.58 bits per heavy atom. The number of hydrogen-bond acceptors (Lipinski definition) is 1. The van der Waals surface area contributed by atoms with Crippen LogP contribution >= 0.6 is 0 Å². The van der Waals surface area contributed by atoms with Crippen LogP contribution in [0.2, 0.25) is 0 Å². The van der Waals surface area contributed by atoms with E-state index in [4.69, 9.17) is 0 Å². The largest absolute Gasteiger partial charge is 0.289 e. The molecule has 0 unspecified atom stereocenters. The van der Waals surface area contributed by atoms with Gasteiger partial charge in [-0.05, 0) is 18.9 Å². The minimum atomic E-state index is -2.67. The van der Waals surface area contributed by atoms with Crippen molar-refractivity contribution in [2.75, 3.05) is 0 Å². The van der Waals surface area contributed by atoms with Crippen LogP contribution in [0.3, 0.4) is 0 Å². The number of alkyl halides is 2. The quantitative estimate of drug-likeness (QED) is 0.585. The molecule has 4 heteroatoms. The van der Waals surface area contributed by atoms with Crippen LogP contribution in [0.25, 0.3) is 0 Å². The molecule has 1 aromatic rings. The van der Waals surface area contributed by atoms with Crippen LogP contribution in [0.15, 0.2) is 6.20 Å². The minimum Gasteiger partial charge on any atom is -0.263 e. The fourth-order valence-corrected chi connectivity index (χ4v) is 1.69. The summed E-state index contributed by atoms with van der Waals surface area (Å²) in [5, 5.41) is 3.89. The van der Waals surface area contributed by atoms with Gasteiger partial charge in [-0.25, -0.2) is 0 Å². The van der Waals surface area contributed by atoms with Crippen molar-refractivity contribution in [3.63, 3.8) is 0 Å². The summed E-state index contributed by atoms with van der Waals surface area (Å²) in [6.45, 7) is 2.30. The molecule has 0 bridgehead atoms. The summed E-state index contributed by atoms with van der Waals surface area (Å²) in [6.07, 6.45) is 1.98. The van der Waals surface area contributed by atoms with Crippen LogP contribution in [-0.4, -0.2) is 9.78 Å². The molecule has 1 aliphatic heterocycles. The van der Waals surface area contributed by atoms with Gasteiger partial charge in [0.2, 0.25) is 0 Å². The lowest BCUT2D eigenvalue weighted by Gasteiger charge is -2.23. The van der Waals surface area contributed by atoms with Gasteiger partial charge in [-0.3, -0.25) is 4.68 Å². The lowest BCUT2D eigenvalue weighted by atomic mass is 10.0. The summed E-state index contributed by atoms with van der Waals surface area (Å²) in [7, 11) is 0.